The van der Waals surface area contributed by atoms with Gasteiger partial charge in [-0.3, -0.25) is 4.79 Å². The summed E-state index contributed by atoms with van der Waals surface area (Å²) >= 11 is 5.61. The molecule has 11 heteroatoms. The molecule has 3 rings (SSSR count). The standard InChI is InChI=1S/C20H20ClF3N2O4S/c21-14-4-9-18(17(12-14)20(22,23)24)25-19(27)13-30-15-5-7-16(8-6-15)31(28,29)26-10-2-1-3-11-26/h4-9,12H,1-3,10-11,13H2,(H,25,27). The molecule has 168 valence electrons. The molecule has 31 heavy (non-hydrogen) atoms. The second-order valence-electron chi connectivity index (χ2n) is 6.96. The number of amides is 1. The fraction of sp³-hybridized carbons (Fsp3) is 0.350. The number of hydrogen-bond acceptors (Lipinski definition) is 4. The van der Waals surface area contributed by atoms with E-state index >= 15 is 0 Å². The summed E-state index contributed by atoms with van der Waals surface area (Å²) in [6.07, 6.45) is -2.05. The van der Waals surface area contributed by atoms with Crippen LogP contribution in [0.15, 0.2) is 47.4 Å². The van der Waals surface area contributed by atoms with E-state index in [0.29, 0.717) is 13.1 Å². The summed E-state index contributed by atoms with van der Waals surface area (Å²) in [5, 5.41) is 2.04. The molecule has 0 unspecified atom stereocenters. The Hall–Kier alpha value is -2.30. The lowest BCUT2D eigenvalue weighted by atomic mass is 10.1. The molecule has 1 amide bonds. The van der Waals surface area contributed by atoms with Crippen LogP contribution < -0.4 is 10.1 Å². The molecule has 0 aromatic heterocycles. The molecular weight excluding hydrogens is 457 g/mol. The Kier molecular flexibility index (Phi) is 7.13. The average molecular weight is 477 g/mol. The van der Waals surface area contributed by atoms with E-state index < -0.39 is 40.0 Å². The summed E-state index contributed by atoms with van der Waals surface area (Å²) in [6.45, 7) is 0.398. The minimum atomic E-state index is -4.69. The first-order chi connectivity index (χ1) is 14.6. The van der Waals surface area contributed by atoms with E-state index in [1.807, 2.05) is 0 Å². The number of hydrogen-bond donors (Lipinski definition) is 1. The molecular formula is C20H20ClF3N2O4S. The van der Waals surface area contributed by atoms with Crippen LogP contribution in [0.5, 0.6) is 5.75 Å². The van der Waals surface area contributed by atoms with E-state index in [-0.39, 0.29) is 15.7 Å². The predicted molar refractivity (Wildman–Crippen MR) is 110 cm³/mol. The highest BCUT2D eigenvalue weighted by Gasteiger charge is 2.34. The molecule has 6 nitrogen and oxygen atoms in total. The molecule has 0 saturated carbocycles. The average Bonchev–Trinajstić information content (AvgIpc) is 2.74. The van der Waals surface area contributed by atoms with Gasteiger partial charge >= 0.3 is 6.18 Å². The third-order valence-corrected chi connectivity index (χ3v) is 6.86. The zero-order valence-corrected chi connectivity index (χ0v) is 17.9. The van der Waals surface area contributed by atoms with E-state index in [1.54, 1.807) is 0 Å². The molecule has 0 atom stereocenters. The quantitative estimate of drug-likeness (QED) is 0.663. The van der Waals surface area contributed by atoms with E-state index in [4.69, 9.17) is 16.3 Å². The van der Waals surface area contributed by atoms with Crippen LogP contribution in [0.2, 0.25) is 5.02 Å². The summed E-state index contributed by atoms with van der Waals surface area (Å²) in [7, 11) is -3.59. The first-order valence-corrected chi connectivity index (χ1v) is 11.3. The number of halogens is 4. The van der Waals surface area contributed by atoms with Gasteiger partial charge in [-0.15, -0.1) is 0 Å². The van der Waals surface area contributed by atoms with E-state index in [2.05, 4.69) is 5.32 Å². The van der Waals surface area contributed by atoms with Crippen LogP contribution in [0, 0.1) is 0 Å². The van der Waals surface area contributed by atoms with Crippen LogP contribution in [0.4, 0.5) is 18.9 Å². The van der Waals surface area contributed by atoms with Gasteiger partial charge in [-0.05, 0) is 55.3 Å². The van der Waals surface area contributed by atoms with E-state index in [1.165, 1.54) is 34.6 Å². The van der Waals surface area contributed by atoms with Crippen molar-refractivity contribution in [3.8, 4) is 5.75 Å². The minimum Gasteiger partial charge on any atom is -0.484 e. The Morgan fingerprint density at radius 1 is 1.06 bits per heavy atom. The fourth-order valence-electron chi connectivity index (χ4n) is 3.16. The van der Waals surface area contributed by atoms with Crippen LogP contribution >= 0.6 is 11.6 Å². The number of sulfonamides is 1. The highest BCUT2D eigenvalue weighted by molar-refractivity contribution is 7.89. The molecule has 1 heterocycles. The summed E-state index contributed by atoms with van der Waals surface area (Å²) in [5.74, 6) is -0.599. The number of piperidine rings is 1. The third kappa shape index (κ3) is 5.90. The number of carbonyl (C=O) groups excluding carboxylic acids is 1. The van der Waals surface area contributed by atoms with Crippen molar-refractivity contribution in [3.63, 3.8) is 0 Å². The predicted octanol–water partition coefficient (Wildman–Crippen LogP) is 4.55. The molecule has 1 aliphatic rings. The molecule has 0 aliphatic carbocycles. The molecule has 1 fully saturated rings. The van der Waals surface area contributed by atoms with Gasteiger partial charge in [0.25, 0.3) is 5.91 Å². The highest BCUT2D eigenvalue weighted by Crippen LogP contribution is 2.36. The number of alkyl halides is 3. The maximum atomic E-state index is 13.1. The molecule has 1 saturated heterocycles. The van der Waals surface area contributed by atoms with Gasteiger partial charge in [0.2, 0.25) is 10.0 Å². The number of benzene rings is 2. The van der Waals surface area contributed by atoms with Crippen molar-refractivity contribution in [2.24, 2.45) is 0 Å². The Balaban J connectivity index is 1.61. The number of nitrogens with one attached hydrogen (secondary N) is 1. The van der Waals surface area contributed by atoms with Crippen molar-refractivity contribution in [1.82, 2.24) is 4.31 Å². The lowest BCUT2D eigenvalue weighted by Gasteiger charge is -2.25. The van der Waals surface area contributed by atoms with Crippen molar-refractivity contribution in [1.29, 1.82) is 0 Å². The molecule has 1 N–H and O–H groups in total. The topological polar surface area (TPSA) is 75.7 Å². The van der Waals surface area contributed by atoms with Crippen molar-refractivity contribution >= 4 is 33.2 Å². The number of ether oxygens (including phenoxy) is 1. The molecule has 1 aliphatic heterocycles. The Labute approximate surface area is 183 Å². The Morgan fingerprint density at radius 3 is 2.32 bits per heavy atom. The van der Waals surface area contributed by atoms with Gasteiger partial charge in [0, 0.05) is 18.1 Å². The van der Waals surface area contributed by atoms with Gasteiger partial charge in [-0.1, -0.05) is 18.0 Å². The van der Waals surface area contributed by atoms with Crippen LogP contribution in [-0.4, -0.2) is 38.3 Å². The van der Waals surface area contributed by atoms with Crippen LogP contribution in [0.25, 0.3) is 0 Å². The lowest BCUT2D eigenvalue weighted by Crippen LogP contribution is -2.35. The largest absolute Gasteiger partial charge is 0.484 e. The lowest BCUT2D eigenvalue weighted by molar-refractivity contribution is -0.137. The van der Waals surface area contributed by atoms with Gasteiger partial charge in [-0.25, -0.2) is 8.42 Å². The summed E-state index contributed by atoms with van der Waals surface area (Å²) in [6, 6.07) is 8.55. The van der Waals surface area contributed by atoms with Crippen molar-refractivity contribution in [3.05, 3.63) is 53.1 Å². The third-order valence-electron chi connectivity index (χ3n) is 4.71. The molecule has 2 aromatic rings. The number of nitrogens with zero attached hydrogens (tertiary/aromatic N) is 1. The first-order valence-electron chi connectivity index (χ1n) is 9.47. The molecule has 2 aromatic carbocycles. The summed E-state index contributed by atoms with van der Waals surface area (Å²) < 4.78 is 71.3. The van der Waals surface area contributed by atoms with Gasteiger partial charge in [0.15, 0.2) is 6.61 Å². The van der Waals surface area contributed by atoms with E-state index in [9.17, 15) is 26.4 Å². The van der Waals surface area contributed by atoms with Gasteiger partial charge in [0.05, 0.1) is 16.1 Å². The van der Waals surface area contributed by atoms with Crippen LogP contribution in [0.3, 0.4) is 0 Å². The van der Waals surface area contributed by atoms with Gasteiger partial charge in [0.1, 0.15) is 5.75 Å². The number of carbonyl (C=O) groups is 1. The smallest absolute Gasteiger partial charge is 0.418 e. The highest BCUT2D eigenvalue weighted by atomic mass is 35.5. The van der Waals surface area contributed by atoms with Crippen LogP contribution in [-0.2, 0) is 21.0 Å². The second kappa shape index (κ2) is 9.46. The zero-order valence-electron chi connectivity index (χ0n) is 16.3. The maximum absolute atomic E-state index is 13.1. The minimum absolute atomic E-state index is 0.110. The van der Waals surface area contributed by atoms with Gasteiger partial charge in [-0.2, -0.15) is 17.5 Å². The SMILES string of the molecule is O=C(COc1ccc(S(=O)(=O)N2CCCCC2)cc1)Nc1ccc(Cl)cc1C(F)(F)F. The Morgan fingerprint density at radius 2 is 1.71 bits per heavy atom. The van der Waals surface area contributed by atoms with E-state index in [0.717, 1.165) is 31.4 Å². The molecule has 0 spiro atoms. The Bertz CT molecular complexity index is 1040. The summed E-state index contributed by atoms with van der Waals surface area (Å²) in [5.41, 5.74) is -1.51. The van der Waals surface area contributed by atoms with Crippen molar-refractivity contribution in [2.75, 3.05) is 25.0 Å². The van der Waals surface area contributed by atoms with Crippen molar-refractivity contribution < 1.29 is 31.1 Å². The maximum Gasteiger partial charge on any atom is 0.418 e. The normalized spacial score (nSPS) is 15.5. The second-order valence-corrected chi connectivity index (χ2v) is 9.34. The summed E-state index contributed by atoms with van der Waals surface area (Å²) in [4.78, 5) is 12.2. The molecule has 0 radical (unpaired) electrons. The monoisotopic (exact) mass is 476 g/mol. The first kappa shape index (κ1) is 23.4. The number of anilines is 1. The van der Waals surface area contributed by atoms with Gasteiger partial charge < -0.3 is 10.1 Å². The fourth-order valence-corrected chi connectivity index (χ4v) is 4.85. The molecule has 0 bridgehead atoms. The number of rotatable bonds is 6. The zero-order chi connectivity index (χ0) is 22.6. The van der Waals surface area contributed by atoms with Crippen LogP contribution in [0.1, 0.15) is 24.8 Å². The van der Waals surface area contributed by atoms with Crippen molar-refractivity contribution in [2.45, 2.75) is 30.3 Å².